The summed E-state index contributed by atoms with van der Waals surface area (Å²) in [5.74, 6) is 0.457. The van der Waals surface area contributed by atoms with Crippen molar-refractivity contribution in [3.63, 3.8) is 0 Å². The fourth-order valence-electron chi connectivity index (χ4n) is 1.28. The second-order valence-corrected chi connectivity index (χ2v) is 3.98. The minimum absolute atomic E-state index is 0.457. The number of halogens is 2. The van der Waals surface area contributed by atoms with Gasteiger partial charge in [-0.05, 0) is 35.0 Å². The molecule has 2 aromatic rings. The Bertz CT molecular complexity index is 450. The number of alkyl halides is 1. The number of hydrogen-bond acceptors (Lipinski definition) is 1. The highest BCUT2D eigenvalue weighted by molar-refractivity contribution is 9.10. The van der Waals surface area contributed by atoms with Crippen LogP contribution in [-0.4, -0.2) is 9.38 Å². The Morgan fingerprint density at radius 1 is 1.54 bits per heavy atom. The van der Waals surface area contributed by atoms with Crippen LogP contribution in [0.3, 0.4) is 0 Å². The van der Waals surface area contributed by atoms with Crippen LogP contribution in [-0.2, 0) is 5.88 Å². The van der Waals surface area contributed by atoms with Gasteiger partial charge in [0.05, 0.1) is 11.6 Å². The Hall–Kier alpha value is -0.540. The van der Waals surface area contributed by atoms with E-state index in [1.807, 2.05) is 29.7 Å². The molecule has 0 spiro atoms. The lowest BCUT2D eigenvalue weighted by atomic mass is 10.4. The van der Waals surface area contributed by atoms with Crippen molar-refractivity contribution in [2.45, 2.75) is 12.8 Å². The van der Waals surface area contributed by atoms with Crippen LogP contribution in [0.25, 0.3) is 5.65 Å². The van der Waals surface area contributed by atoms with Crippen molar-refractivity contribution in [2.24, 2.45) is 0 Å². The first-order valence-corrected chi connectivity index (χ1v) is 5.24. The molecule has 13 heavy (non-hydrogen) atoms. The predicted molar refractivity (Wildman–Crippen MR) is 57.2 cm³/mol. The predicted octanol–water partition coefficient (Wildman–Crippen LogP) is 3.14. The molecule has 0 radical (unpaired) electrons. The van der Waals surface area contributed by atoms with Crippen molar-refractivity contribution in [3.8, 4) is 0 Å². The number of fused-ring (bicyclic) bond motifs is 1. The van der Waals surface area contributed by atoms with E-state index in [9.17, 15) is 0 Å². The minimum Gasteiger partial charge on any atom is -0.303 e. The maximum absolute atomic E-state index is 5.70. The molecule has 4 heteroatoms. The first-order chi connectivity index (χ1) is 6.22. The van der Waals surface area contributed by atoms with E-state index < -0.39 is 0 Å². The average Bonchev–Trinajstić information content (AvgIpc) is 2.55. The van der Waals surface area contributed by atoms with E-state index in [4.69, 9.17) is 11.6 Å². The fourth-order valence-corrected chi connectivity index (χ4v) is 1.73. The molecule has 0 amide bonds. The normalized spacial score (nSPS) is 11.0. The average molecular weight is 260 g/mol. The summed E-state index contributed by atoms with van der Waals surface area (Å²) in [7, 11) is 0. The number of pyridine rings is 1. The highest BCUT2D eigenvalue weighted by Crippen LogP contribution is 2.18. The Morgan fingerprint density at radius 2 is 2.31 bits per heavy atom. The van der Waals surface area contributed by atoms with Crippen LogP contribution in [0.5, 0.6) is 0 Å². The highest BCUT2D eigenvalue weighted by atomic mass is 79.9. The van der Waals surface area contributed by atoms with E-state index >= 15 is 0 Å². The van der Waals surface area contributed by atoms with Crippen molar-refractivity contribution >= 4 is 33.2 Å². The van der Waals surface area contributed by atoms with E-state index in [0.29, 0.717) is 5.88 Å². The summed E-state index contributed by atoms with van der Waals surface area (Å²) < 4.78 is 3.11. The van der Waals surface area contributed by atoms with Crippen LogP contribution >= 0.6 is 27.5 Å². The second-order valence-electron chi connectivity index (χ2n) is 2.86. The fraction of sp³-hybridized carbons (Fsp3) is 0.222. The molecule has 2 aromatic heterocycles. The summed E-state index contributed by atoms with van der Waals surface area (Å²) in [5, 5.41) is 0. The molecular weight excluding hydrogens is 251 g/mol. The Morgan fingerprint density at radius 3 is 3.00 bits per heavy atom. The van der Waals surface area contributed by atoms with Gasteiger partial charge in [0, 0.05) is 16.4 Å². The highest BCUT2D eigenvalue weighted by Gasteiger charge is 2.04. The maximum Gasteiger partial charge on any atom is 0.137 e. The number of nitrogens with zero attached hydrogens (tertiary/aromatic N) is 2. The summed E-state index contributed by atoms with van der Waals surface area (Å²) in [4.78, 5) is 4.34. The van der Waals surface area contributed by atoms with E-state index in [1.165, 1.54) is 0 Å². The lowest BCUT2D eigenvalue weighted by molar-refractivity contribution is 1.08. The third kappa shape index (κ3) is 1.46. The Kier molecular flexibility index (Phi) is 2.30. The summed E-state index contributed by atoms with van der Waals surface area (Å²) in [5.41, 5.74) is 2.99. The van der Waals surface area contributed by atoms with Gasteiger partial charge in [-0.15, -0.1) is 11.6 Å². The zero-order valence-electron chi connectivity index (χ0n) is 7.09. The number of aromatic nitrogens is 2. The van der Waals surface area contributed by atoms with E-state index in [0.717, 1.165) is 21.5 Å². The lowest BCUT2D eigenvalue weighted by Gasteiger charge is -2.00. The number of imidazole rings is 1. The quantitative estimate of drug-likeness (QED) is 0.719. The molecule has 0 saturated heterocycles. The van der Waals surface area contributed by atoms with Crippen LogP contribution < -0.4 is 0 Å². The molecule has 0 bridgehead atoms. The van der Waals surface area contributed by atoms with Gasteiger partial charge in [-0.3, -0.25) is 0 Å². The molecular formula is C9H8BrClN2. The van der Waals surface area contributed by atoms with Gasteiger partial charge in [-0.1, -0.05) is 0 Å². The van der Waals surface area contributed by atoms with Crippen molar-refractivity contribution < 1.29 is 0 Å². The molecule has 2 rings (SSSR count). The molecule has 68 valence electrons. The van der Waals surface area contributed by atoms with Gasteiger partial charge in [-0.2, -0.15) is 0 Å². The Labute approximate surface area is 89.7 Å². The zero-order chi connectivity index (χ0) is 9.42. The van der Waals surface area contributed by atoms with Gasteiger partial charge in [0.25, 0.3) is 0 Å². The molecule has 0 atom stereocenters. The zero-order valence-corrected chi connectivity index (χ0v) is 9.43. The third-order valence-corrected chi connectivity index (χ3v) is 3.12. The van der Waals surface area contributed by atoms with Gasteiger partial charge < -0.3 is 4.40 Å². The molecule has 0 N–H and O–H groups in total. The van der Waals surface area contributed by atoms with Crippen molar-refractivity contribution in [1.82, 2.24) is 9.38 Å². The van der Waals surface area contributed by atoms with Crippen LogP contribution in [0.15, 0.2) is 22.8 Å². The minimum atomic E-state index is 0.457. The van der Waals surface area contributed by atoms with E-state index in [2.05, 4.69) is 20.9 Å². The lowest BCUT2D eigenvalue weighted by Crippen LogP contribution is -1.89. The molecule has 0 aromatic carbocycles. The molecule has 0 saturated carbocycles. The smallest absolute Gasteiger partial charge is 0.137 e. The third-order valence-electron chi connectivity index (χ3n) is 2.01. The Balaban J connectivity index is 2.76. The van der Waals surface area contributed by atoms with Crippen molar-refractivity contribution in [1.29, 1.82) is 0 Å². The second kappa shape index (κ2) is 3.31. The van der Waals surface area contributed by atoms with Gasteiger partial charge >= 0.3 is 0 Å². The number of aryl methyl sites for hydroxylation is 1. The number of rotatable bonds is 1. The largest absolute Gasteiger partial charge is 0.303 e. The van der Waals surface area contributed by atoms with Crippen LogP contribution in [0, 0.1) is 6.92 Å². The SMILES string of the molecule is Cc1c(Br)ccc2nc(CCl)cn12. The monoisotopic (exact) mass is 258 g/mol. The summed E-state index contributed by atoms with van der Waals surface area (Å²) >= 11 is 9.17. The van der Waals surface area contributed by atoms with Crippen molar-refractivity contribution in [3.05, 3.63) is 34.2 Å². The van der Waals surface area contributed by atoms with Gasteiger partial charge in [-0.25, -0.2) is 4.98 Å². The first kappa shape index (κ1) is 9.03. The van der Waals surface area contributed by atoms with Gasteiger partial charge in [0.15, 0.2) is 0 Å². The molecule has 0 fully saturated rings. The first-order valence-electron chi connectivity index (χ1n) is 3.91. The molecule has 0 aliphatic heterocycles. The van der Waals surface area contributed by atoms with Crippen LogP contribution in [0.1, 0.15) is 11.4 Å². The molecule has 2 nitrogen and oxygen atoms in total. The summed E-state index contributed by atoms with van der Waals surface area (Å²) in [6, 6.07) is 3.96. The van der Waals surface area contributed by atoms with Crippen molar-refractivity contribution in [2.75, 3.05) is 0 Å². The molecule has 0 unspecified atom stereocenters. The van der Waals surface area contributed by atoms with Crippen LogP contribution in [0.4, 0.5) is 0 Å². The van der Waals surface area contributed by atoms with E-state index in [1.54, 1.807) is 0 Å². The van der Waals surface area contributed by atoms with Crippen LogP contribution in [0.2, 0.25) is 0 Å². The molecule has 0 aliphatic carbocycles. The maximum atomic E-state index is 5.70. The molecule has 0 aliphatic rings. The van der Waals surface area contributed by atoms with Gasteiger partial charge in [0.2, 0.25) is 0 Å². The summed E-state index contributed by atoms with van der Waals surface area (Å²) in [6.07, 6.45) is 1.96. The molecule has 2 heterocycles. The summed E-state index contributed by atoms with van der Waals surface area (Å²) in [6.45, 7) is 2.04. The van der Waals surface area contributed by atoms with E-state index in [-0.39, 0.29) is 0 Å². The topological polar surface area (TPSA) is 17.3 Å². The standard InChI is InChI=1S/C9H8BrClN2/c1-6-8(10)2-3-9-12-7(4-11)5-13(6)9/h2-3,5H,4H2,1H3. The van der Waals surface area contributed by atoms with Gasteiger partial charge in [0.1, 0.15) is 5.65 Å². The number of hydrogen-bond donors (Lipinski definition) is 0.